The van der Waals surface area contributed by atoms with Crippen LogP contribution in [-0.4, -0.2) is 67.5 Å². The molecule has 1 atom stereocenters. The summed E-state index contributed by atoms with van der Waals surface area (Å²) in [5.74, 6) is 1.02. The van der Waals surface area contributed by atoms with Crippen molar-refractivity contribution in [2.45, 2.75) is 57.3 Å². The number of rotatable bonds is 7. The van der Waals surface area contributed by atoms with Gasteiger partial charge in [-0.2, -0.15) is 0 Å². The van der Waals surface area contributed by atoms with Gasteiger partial charge in [-0.25, -0.2) is 0 Å². The molecule has 0 saturated carbocycles. The van der Waals surface area contributed by atoms with E-state index in [1.54, 1.807) is 0 Å². The molecule has 1 N–H and O–H groups in total. The first-order chi connectivity index (χ1) is 14.8. The summed E-state index contributed by atoms with van der Waals surface area (Å²) in [4.78, 5) is 6.87. The Morgan fingerprint density at radius 3 is 2.83 bits per heavy atom. The summed E-state index contributed by atoms with van der Waals surface area (Å²) in [7, 11) is 1.88. The zero-order valence-corrected chi connectivity index (χ0v) is 18.3. The van der Waals surface area contributed by atoms with Gasteiger partial charge in [0.25, 0.3) is 0 Å². The average Bonchev–Trinajstić information content (AvgIpc) is 3.22. The maximum Gasteiger partial charge on any atom is 0.193 e. The summed E-state index contributed by atoms with van der Waals surface area (Å²) in [6.45, 7) is 5.59. The summed E-state index contributed by atoms with van der Waals surface area (Å²) in [5.41, 5.74) is 1.31. The molecule has 30 heavy (non-hydrogen) atoms. The molecule has 1 aromatic carbocycles. The predicted molar refractivity (Wildman–Crippen MR) is 122 cm³/mol. The van der Waals surface area contributed by atoms with Crippen LogP contribution in [-0.2, 0) is 16.0 Å². The maximum absolute atomic E-state index is 6.14. The average molecular weight is 413 g/mol. The third-order valence-corrected chi connectivity index (χ3v) is 6.28. The van der Waals surface area contributed by atoms with Gasteiger partial charge in [-0.1, -0.05) is 18.2 Å². The summed E-state index contributed by atoms with van der Waals surface area (Å²) in [6.07, 6.45) is 9.65. The van der Waals surface area contributed by atoms with E-state index in [0.717, 1.165) is 71.0 Å². The molecule has 1 unspecified atom stereocenters. The standard InChI is InChI=1S/C24H36N4O2/c1-25-24(26-13-6-14-27-15-10-20-7-2-3-9-23(20)27)28-16-11-21(12-17-28)30-19-22-8-4-5-18-29-22/h2-3,7,9-10,15,21-22H,4-6,8,11-14,16-19H2,1H3,(H,25,26). The lowest BCUT2D eigenvalue weighted by molar-refractivity contribution is -0.0721. The molecule has 6 heteroatoms. The second-order valence-corrected chi connectivity index (χ2v) is 8.40. The lowest BCUT2D eigenvalue weighted by Gasteiger charge is -2.35. The van der Waals surface area contributed by atoms with E-state index in [1.807, 2.05) is 7.05 Å². The van der Waals surface area contributed by atoms with Gasteiger partial charge in [-0.15, -0.1) is 0 Å². The fourth-order valence-electron chi connectivity index (χ4n) is 4.53. The van der Waals surface area contributed by atoms with Crippen LogP contribution < -0.4 is 5.32 Å². The number of hydrogen-bond acceptors (Lipinski definition) is 3. The molecule has 2 aliphatic rings. The van der Waals surface area contributed by atoms with Crippen molar-refractivity contribution in [3.63, 3.8) is 0 Å². The van der Waals surface area contributed by atoms with Crippen LogP contribution in [0.4, 0.5) is 0 Å². The number of para-hydroxylation sites is 1. The number of nitrogens with one attached hydrogen (secondary N) is 1. The number of aliphatic imine (C=N–C) groups is 1. The van der Waals surface area contributed by atoms with Crippen LogP contribution in [0.3, 0.4) is 0 Å². The number of fused-ring (bicyclic) bond motifs is 1. The van der Waals surface area contributed by atoms with Gasteiger partial charge in [0, 0.05) is 51.5 Å². The number of nitrogens with zero attached hydrogens (tertiary/aromatic N) is 3. The van der Waals surface area contributed by atoms with Crippen LogP contribution in [0.15, 0.2) is 41.5 Å². The highest BCUT2D eigenvalue weighted by Crippen LogP contribution is 2.18. The van der Waals surface area contributed by atoms with Gasteiger partial charge < -0.3 is 24.3 Å². The first-order valence-corrected chi connectivity index (χ1v) is 11.6. The van der Waals surface area contributed by atoms with Crippen LogP contribution in [0.5, 0.6) is 0 Å². The van der Waals surface area contributed by atoms with Gasteiger partial charge in [-0.3, -0.25) is 4.99 Å². The molecule has 1 aromatic heterocycles. The van der Waals surface area contributed by atoms with Crippen LogP contribution in [0.25, 0.3) is 10.9 Å². The van der Waals surface area contributed by atoms with Crippen molar-refractivity contribution in [1.29, 1.82) is 0 Å². The second-order valence-electron chi connectivity index (χ2n) is 8.40. The predicted octanol–water partition coefficient (Wildman–Crippen LogP) is 3.66. The molecule has 0 aliphatic carbocycles. The van der Waals surface area contributed by atoms with Crippen LogP contribution >= 0.6 is 0 Å². The first kappa shape index (κ1) is 21.2. The number of guanidine groups is 1. The normalized spacial score (nSPS) is 21.3. The highest BCUT2D eigenvalue weighted by molar-refractivity contribution is 5.80. The Labute approximate surface area is 180 Å². The van der Waals surface area contributed by atoms with Crippen LogP contribution in [0.2, 0.25) is 0 Å². The highest BCUT2D eigenvalue weighted by atomic mass is 16.5. The molecular weight excluding hydrogens is 376 g/mol. The Morgan fingerprint density at radius 1 is 1.17 bits per heavy atom. The lowest BCUT2D eigenvalue weighted by Crippen LogP contribution is -2.47. The van der Waals surface area contributed by atoms with E-state index in [2.05, 4.69) is 56.3 Å². The minimum atomic E-state index is 0.309. The first-order valence-electron chi connectivity index (χ1n) is 11.6. The molecule has 2 saturated heterocycles. The quantitative estimate of drug-likeness (QED) is 0.428. The minimum absolute atomic E-state index is 0.309. The Balaban J connectivity index is 1.15. The number of aryl methyl sites for hydroxylation is 1. The Hall–Kier alpha value is -2.05. The van der Waals surface area contributed by atoms with Gasteiger partial charge in [0.1, 0.15) is 0 Å². The lowest BCUT2D eigenvalue weighted by atomic mass is 10.1. The largest absolute Gasteiger partial charge is 0.376 e. The summed E-state index contributed by atoms with van der Waals surface area (Å²) < 4.78 is 14.3. The van der Waals surface area contributed by atoms with Gasteiger partial charge in [0.05, 0.1) is 18.8 Å². The second kappa shape index (κ2) is 10.8. The van der Waals surface area contributed by atoms with Crippen molar-refractivity contribution >= 4 is 16.9 Å². The maximum atomic E-state index is 6.14. The monoisotopic (exact) mass is 412 g/mol. The summed E-state index contributed by atoms with van der Waals surface area (Å²) >= 11 is 0. The van der Waals surface area contributed by atoms with E-state index in [4.69, 9.17) is 9.47 Å². The molecule has 0 radical (unpaired) electrons. The van der Waals surface area contributed by atoms with E-state index in [9.17, 15) is 0 Å². The SMILES string of the molecule is CN=C(NCCCn1ccc2ccccc21)N1CCC(OCC2CCCCO2)CC1. The Kier molecular flexibility index (Phi) is 7.65. The van der Waals surface area contributed by atoms with Gasteiger partial charge in [-0.05, 0) is 56.0 Å². The molecule has 2 fully saturated rings. The van der Waals surface area contributed by atoms with Crippen LogP contribution in [0, 0.1) is 0 Å². The third-order valence-electron chi connectivity index (χ3n) is 6.28. The molecule has 164 valence electrons. The molecular formula is C24H36N4O2. The number of hydrogen-bond donors (Lipinski definition) is 1. The van der Waals surface area contributed by atoms with Crippen molar-refractivity contribution < 1.29 is 9.47 Å². The zero-order chi connectivity index (χ0) is 20.6. The molecule has 0 amide bonds. The van der Waals surface area contributed by atoms with E-state index in [0.29, 0.717) is 12.2 Å². The van der Waals surface area contributed by atoms with Crippen molar-refractivity contribution in [2.75, 3.05) is 39.9 Å². The smallest absolute Gasteiger partial charge is 0.193 e. The third kappa shape index (κ3) is 5.55. The number of aromatic nitrogens is 1. The minimum Gasteiger partial charge on any atom is -0.376 e. The van der Waals surface area contributed by atoms with E-state index >= 15 is 0 Å². The fourth-order valence-corrected chi connectivity index (χ4v) is 4.53. The van der Waals surface area contributed by atoms with Gasteiger partial charge in [0.15, 0.2) is 5.96 Å². The molecule has 4 rings (SSSR count). The number of piperidine rings is 1. The van der Waals surface area contributed by atoms with Crippen molar-refractivity contribution in [3.05, 3.63) is 36.5 Å². The molecule has 0 bridgehead atoms. The van der Waals surface area contributed by atoms with Crippen molar-refractivity contribution in [3.8, 4) is 0 Å². The molecule has 2 aromatic rings. The molecule has 6 nitrogen and oxygen atoms in total. The number of benzene rings is 1. The van der Waals surface area contributed by atoms with E-state index in [1.165, 1.54) is 23.7 Å². The van der Waals surface area contributed by atoms with Crippen LogP contribution in [0.1, 0.15) is 38.5 Å². The van der Waals surface area contributed by atoms with E-state index in [-0.39, 0.29) is 0 Å². The molecule has 2 aliphatic heterocycles. The van der Waals surface area contributed by atoms with Crippen molar-refractivity contribution in [2.24, 2.45) is 4.99 Å². The van der Waals surface area contributed by atoms with E-state index < -0.39 is 0 Å². The Bertz CT molecular complexity index is 804. The zero-order valence-electron chi connectivity index (χ0n) is 18.3. The van der Waals surface area contributed by atoms with Gasteiger partial charge >= 0.3 is 0 Å². The Morgan fingerprint density at radius 2 is 2.03 bits per heavy atom. The number of ether oxygens (including phenoxy) is 2. The highest BCUT2D eigenvalue weighted by Gasteiger charge is 2.23. The summed E-state index contributed by atoms with van der Waals surface area (Å²) in [6, 6.07) is 10.7. The van der Waals surface area contributed by atoms with Crippen molar-refractivity contribution in [1.82, 2.24) is 14.8 Å². The molecule has 0 spiro atoms. The molecule has 3 heterocycles. The summed E-state index contributed by atoms with van der Waals surface area (Å²) in [5, 5.41) is 4.86. The topological polar surface area (TPSA) is 51.0 Å². The fraction of sp³-hybridized carbons (Fsp3) is 0.625. The number of likely N-dealkylation sites (tertiary alicyclic amines) is 1. The van der Waals surface area contributed by atoms with Gasteiger partial charge in [0.2, 0.25) is 0 Å².